The molecule has 296 valence electrons. The number of rotatable bonds is 28. The Morgan fingerprint density at radius 3 is 1.18 bits per heavy atom. The third-order valence-corrected chi connectivity index (χ3v) is 13.9. The van der Waals surface area contributed by atoms with Crippen LogP contribution in [0.2, 0.25) is 0 Å². The Balaban J connectivity index is 6.88. The van der Waals surface area contributed by atoms with Crippen molar-refractivity contribution in [3.05, 3.63) is 0 Å². The van der Waals surface area contributed by atoms with Crippen LogP contribution in [0.3, 0.4) is 0 Å². The maximum atomic E-state index is 14.4. The van der Waals surface area contributed by atoms with Crippen molar-refractivity contribution in [2.24, 2.45) is 27.6 Å². The molecule has 0 aliphatic carbocycles. The fourth-order valence-corrected chi connectivity index (χ4v) is 6.71. The van der Waals surface area contributed by atoms with Crippen molar-refractivity contribution < 1.29 is 28.8 Å². The SMILES string of the molecule is CCC(C)(CC)NC(CC(=O)NC(CC(=O)C(C)(CC)CC)C(=O)C(C)(CC)CC)C(=O)CC(CC(=O)C(C)(CC)CC)C(=O)C(C)(CC)CC. The molecule has 0 aromatic heterocycles. The highest BCUT2D eigenvalue weighted by Gasteiger charge is 2.43. The Hall–Kier alpha value is -2.22. The van der Waals surface area contributed by atoms with Gasteiger partial charge < -0.3 is 10.6 Å². The molecular formula is C43H78N2O6. The molecule has 0 aliphatic heterocycles. The van der Waals surface area contributed by atoms with Gasteiger partial charge in [-0.3, -0.25) is 28.8 Å². The Labute approximate surface area is 312 Å². The maximum absolute atomic E-state index is 14.4. The lowest BCUT2D eigenvalue weighted by Gasteiger charge is -2.36. The normalized spacial score (nSPS) is 14.8. The fraction of sp³-hybridized carbons (Fsp3) is 0.860. The van der Waals surface area contributed by atoms with Crippen molar-refractivity contribution in [3.8, 4) is 0 Å². The largest absolute Gasteiger partial charge is 0.346 e. The van der Waals surface area contributed by atoms with Crippen molar-refractivity contribution in [2.45, 2.75) is 211 Å². The van der Waals surface area contributed by atoms with Gasteiger partial charge in [-0.05, 0) is 71.1 Å². The number of carbonyl (C=O) groups excluding carboxylic acids is 6. The van der Waals surface area contributed by atoms with E-state index in [0.717, 1.165) is 0 Å². The minimum absolute atomic E-state index is 0.0188. The average molecular weight is 719 g/mol. The van der Waals surface area contributed by atoms with Crippen molar-refractivity contribution in [3.63, 3.8) is 0 Å². The second-order valence-electron chi connectivity index (χ2n) is 16.7. The van der Waals surface area contributed by atoms with Crippen LogP contribution in [0.25, 0.3) is 0 Å². The van der Waals surface area contributed by atoms with Gasteiger partial charge in [-0.1, -0.05) is 96.9 Å². The Kier molecular flexibility index (Phi) is 20.0. The topological polar surface area (TPSA) is 126 Å². The van der Waals surface area contributed by atoms with Gasteiger partial charge in [0.25, 0.3) is 0 Å². The number of carbonyl (C=O) groups is 6. The van der Waals surface area contributed by atoms with Crippen LogP contribution >= 0.6 is 0 Å². The molecule has 2 N–H and O–H groups in total. The van der Waals surface area contributed by atoms with Gasteiger partial charge in [0.15, 0.2) is 11.6 Å². The Morgan fingerprint density at radius 2 is 0.804 bits per heavy atom. The molecule has 0 aromatic rings. The molecule has 0 heterocycles. The molecule has 3 unspecified atom stereocenters. The second kappa shape index (κ2) is 20.9. The molecule has 0 saturated heterocycles. The van der Waals surface area contributed by atoms with Crippen LogP contribution in [-0.2, 0) is 28.8 Å². The predicted molar refractivity (Wildman–Crippen MR) is 210 cm³/mol. The van der Waals surface area contributed by atoms with Gasteiger partial charge in [0.05, 0.1) is 12.1 Å². The maximum Gasteiger partial charge on any atom is 0.222 e. The Bertz CT molecular complexity index is 1170. The summed E-state index contributed by atoms with van der Waals surface area (Å²) in [5, 5.41) is 6.37. The lowest BCUT2D eigenvalue weighted by molar-refractivity contribution is -0.140. The minimum atomic E-state index is -1.02. The summed E-state index contributed by atoms with van der Waals surface area (Å²) in [5.41, 5.74) is -3.08. The first-order chi connectivity index (χ1) is 23.6. The summed E-state index contributed by atoms with van der Waals surface area (Å²) in [6.45, 7) is 29.3. The number of Topliss-reactive ketones (excluding diaryl/α,β-unsaturated/α-hetero) is 5. The van der Waals surface area contributed by atoms with Crippen LogP contribution in [0.5, 0.6) is 0 Å². The molecule has 8 nitrogen and oxygen atoms in total. The molecule has 0 rings (SSSR count). The summed E-state index contributed by atoms with van der Waals surface area (Å²) in [5.74, 6) is -1.96. The van der Waals surface area contributed by atoms with Crippen molar-refractivity contribution >= 4 is 34.8 Å². The number of hydrogen-bond donors (Lipinski definition) is 2. The van der Waals surface area contributed by atoms with E-state index in [4.69, 9.17) is 0 Å². The molecule has 0 aliphatic rings. The van der Waals surface area contributed by atoms with E-state index in [0.29, 0.717) is 64.2 Å². The van der Waals surface area contributed by atoms with Crippen LogP contribution in [0.4, 0.5) is 0 Å². The summed E-state index contributed by atoms with van der Waals surface area (Å²) < 4.78 is 0. The first kappa shape index (κ1) is 48.8. The summed E-state index contributed by atoms with van der Waals surface area (Å²) in [7, 11) is 0. The predicted octanol–water partition coefficient (Wildman–Crippen LogP) is 9.34. The van der Waals surface area contributed by atoms with Crippen LogP contribution in [0.1, 0.15) is 194 Å². The minimum Gasteiger partial charge on any atom is -0.346 e. The second-order valence-corrected chi connectivity index (χ2v) is 16.7. The van der Waals surface area contributed by atoms with E-state index in [9.17, 15) is 28.8 Å². The lowest BCUT2D eigenvalue weighted by atomic mass is 9.69. The number of nitrogens with one attached hydrogen (secondary N) is 2. The van der Waals surface area contributed by atoms with E-state index < -0.39 is 51.1 Å². The smallest absolute Gasteiger partial charge is 0.222 e. The molecule has 0 radical (unpaired) electrons. The molecule has 51 heavy (non-hydrogen) atoms. The van der Waals surface area contributed by atoms with E-state index in [1.165, 1.54) is 0 Å². The number of amides is 1. The number of hydrogen-bond acceptors (Lipinski definition) is 7. The van der Waals surface area contributed by atoms with Crippen LogP contribution < -0.4 is 10.6 Å². The van der Waals surface area contributed by atoms with Gasteiger partial charge in [0.1, 0.15) is 17.3 Å². The molecule has 0 bridgehead atoms. The highest BCUT2D eigenvalue weighted by atomic mass is 16.2. The van der Waals surface area contributed by atoms with Gasteiger partial charge in [0.2, 0.25) is 5.91 Å². The molecule has 0 spiro atoms. The molecule has 1 amide bonds. The van der Waals surface area contributed by atoms with Gasteiger partial charge in [-0.2, -0.15) is 0 Å². The zero-order chi connectivity index (χ0) is 40.0. The van der Waals surface area contributed by atoms with Crippen molar-refractivity contribution in [2.75, 3.05) is 0 Å². The molecular weight excluding hydrogens is 640 g/mol. The van der Waals surface area contributed by atoms with Gasteiger partial charge in [-0.15, -0.1) is 0 Å². The van der Waals surface area contributed by atoms with Crippen molar-refractivity contribution in [1.82, 2.24) is 10.6 Å². The van der Waals surface area contributed by atoms with Gasteiger partial charge >= 0.3 is 0 Å². The number of ketones is 5. The molecule has 3 atom stereocenters. The molecule has 0 aromatic carbocycles. The summed E-state index contributed by atoms with van der Waals surface area (Å²) >= 11 is 0. The average Bonchev–Trinajstić information content (AvgIpc) is 3.14. The summed E-state index contributed by atoms with van der Waals surface area (Å²) in [6.07, 6.45) is 5.67. The van der Waals surface area contributed by atoms with E-state index in [-0.39, 0.29) is 54.6 Å². The zero-order valence-electron chi connectivity index (χ0n) is 35.6. The summed E-state index contributed by atoms with van der Waals surface area (Å²) in [6, 6.07) is -1.97. The van der Waals surface area contributed by atoms with E-state index in [1.807, 2.05) is 104 Å². The van der Waals surface area contributed by atoms with Crippen molar-refractivity contribution in [1.29, 1.82) is 0 Å². The Morgan fingerprint density at radius 1 is 0.431 bits per heavy atom. The quantitative estimate of drug-likeness (QED) is 0.0826. The third kappa shape index (κ3) is 12.7. The highest BCUT2D eigenvalue weighted by Crippen LogP contribution is 2.37. The van der Waals surface area contributed by atoms with E-state index in [1.54, 1.807) is 0 Å². The monoisotopic (exact) mass is 719 g/mol. The van der Waals surface area contributed by atoms with E-state index in [2.05, 4.69) is 10.6 Å². The van der Waals surface area contributed by atoms with Crippen LogP contribution in [0.15, 0.2) is 0 Å². The van der Waals surface area contributed by atoms with Gasteiger partial charge in [0, 0.05) is 58.8 Å². The van der Waals surface area contributed by atoms with Gasteiger partial charge in [-0.25, -0.2) is 0 Å². The zero-order valence-corrected chi connectivity index (χ0v) is 35.6. The molecule has 0 fully saturated rings. The summed E-state index contributed by atoms with van der Waals surface area (Å²) in [4.78, 5) is 83.9. The first-order valence-electron chi connectivity index (χ1n) is 20.3. The fourth-order valence-electron chi connectivity index (χ4n) is 6.71. The molecule has 0 saturated carbocycles. The first-order valence-corrected chi connectivity index (χ1v) is 20.3. The third-order valence-electron chi connectivity index (χ3n) is 13.9. The van der Waals surface area contributed by atoms with Crippen LogP contribution in [0, 0.1) is 27.6 Å². The standard InChI is InChI=1S/C43H78N2O6/c1-16-39(11,17-2)34(47)27-30(37(50)41(13,20-5)21-6)26-33(46)31(45-43(15,24-9)25-10)29-36(49)44-32(38(51)42(14,22-7)23-8)28-35(48)40(12,18-3)19-4/h30-32,45H,16-29H2,1-15H3,(H,44,49). The molecule has 8 heteroatoms. The highest BCUT2D eigenvalue weighted by molar-refractivity contribution is 6.00. The van der Waals surface area contributed by atoms with Crippen LogP contribution in [-0.4, -0.2) is 52.4 Å². The van der Waals surface area contributed by atoms with E-state index >= 15 is 0 Å². The lowest BCUT2D eigenvalue weighted by Crippen LogP contribution is -2.55.